The molecule has 0 heterocycles. The summed E-state index contributed by atoms with van der Waals surface area (Å²) in [5.41, 5.74) is 2.73. The molecular formula is C19H25NS. The molecule has 0 aromatic heterocycles. The summed E-state index contributed by atoms with van der Waals surface area (Å²) in [6, 6.07) is 19.6. The maximum Gasteiger partial charge on any atom is 0.0316 e. The van der Waals surface area contributed by atoms with Gasteiger partial charge in [0.15, 0.2) is 0 Å². The minimum Gasteiger partial charge on any atom is -0.312 e. The van der Waals surface area contributed by atoms with Gasteiger partial charge in [-0.05, 0) is 42.6 Å². The van der Waals surface area contributed by atoms with Gasteiger partial charge < -0.3 is 5.32 Å². The number of benzene rings is 2. The van der Waals surface area contributed by atoms with E-state index in [1.165, 1.54) is 16.0 Å². The Balaban J connectivity index is 1.87. The van der Waals surface area contributed by atoms with E-state index in [1.807, 2.05) is 11.8 Å². The first kappa shape index (κ1) is 16.1. The van der Waals surface area contributed by atoms with Crippen molar-refractivity contribution in [2.75, 3.05) is 6.54 Å². The first-order chi connectivity index (χ1) is 10.1. The summed E-state index contributed by atoms with van der Waals surface area (Å²) in [5, 5.41) is 3.96. The molecule has 1 nitrogen and oxygen atoms in total. The van der Waals surface area contributed by atoms with E-state index in [0.717, 1.165) is 13.1 Å². The molecule has 0 bridgehead atoms. The van der Waals surface area contributed by atoms with E-state index >= 15 is 0 Å². The highest BCUT2D eigenvalue weighted by molar-refractivity contribution is 7.99. The summed E-state index contributed by atoms with van der Waals surface area (Å²) in [6.45, 7) is 8.76. The van der Waals surface area contributed by atoms with E-state index in [1.54, 1.807) is 0 Å². The Kier molecular flexibility index (Phi) is 6.34. The van der Waals surface area contributed by atoms with Crippen molar-refractivity contribution in [2.45, 2.75) is 37.5 Å². The van der Waals surface area contributed by atoms with Gasteiger partial charge in [-0.25, -0.2) is 0 Å². The lowest BCUT2D eigenvalue weighted by Gasteiger charge is -2.12. The largest absolute Gasteiger partial charge is 0.312 e. The Morgan fingerprint density at radius 1 is 0.905 bits per heavy atom. The van der Waals surface area contributed by atoms with Gasteiger partial charge in [0.25, 0.3) is 0 Å². The fourth-order valence-corrected chi connectivity index (χ4v) is 3.18. The Morgan fingerprint density at radius 2 is 1.57 bits per heavy atom. The van der Waals surface area contributed by atoms with E-state index in [4.69, 9.17) is 0 Å². The molecule has 2 rings (SSSR count). The van der Waals surface area contributed by atoms with Crippen LogP contribution in [0.5, 0.6) is 0 Å². The SMILES string of the molecule is CC(C)CNCc1ccc(SC(C)c2ccccc2)cc1. The smallest absolute Gasteiger partial charge is 0.0316 e. The summed E-state index contributed by atoms with van der Waals surface area (Å²) in [4.78, 5) is 1.33. The molecule has 112 valence electrons. The standard InChI is InChI=1S/C19H25NS/c1-15(2)13-20-14-17-9-11-19(12-10-17)21-16(3)18-7-5-4-6-8-18/h4-12,15-16,20H,13-14H2,1-3H3. The molecule has 0 aliphatic rings. The number of rotatable bonds is 7. The van der Waals surface area contributed by atoms with Crippen molar-refractivity contribution in [3.63, 3.8) is 0 Å². The summed E-state index contributed by atoms with van der Waals surface area (Å²) < 4.78 is 0. The lowest BCUT2D eigenvalue weighted by Crippen LogP contribution is -2.18. The van der Waals surface area contributed by atoms with Gasteiger partial charge in [0.05, 0.1) is 0 Å². The molecular weight excluding hydrogens is 274 g/mol. The summed E-state index contributed by atoms with van der Waals surface area (Å²) >= 11 is 1.91. The van der Waals surface area contributed by atoms with Gasteiger partial charge in [-0.15, -0.1) is 11.8 Å². The Morgan fingerprint density at radius 3 is 2.19 bits per heavy atom. The monoisotopic (exact) mass is 299 g/mol. The first-order valence-corrected chi connectivity index (χ1v) is 8.54. The predicted octanol–water partition coefficient (Wildman–Crippen LogP) is 5.29. The zero-order valence-corrected chi connectivity index (χ0v) is 14.0. The van der Waals surface area contributed by atoms with E-state index in [0.29, 0.717) is 11.2 Å². The maximum atomic E-state index is 3.48. The fourth-order valence-electron chi connectivity index (χ4n) is 2.19. The van der Waals surface area contributed by atoms with Crippen LogP contribution in [0.4, 0.5) is 0 Å². The van der Waals surface area contributed by atoms with Crippen LogP contribution in [0.25, 0.3) is 0 Å². The summed E-state index contributed by atoms with van der Waals surface area (Å²) in [6.07, 6.45) is 0. The molecule has 2 aromatic carbocycles. The average molecular weight is 299 g/mol. The predicted molar refractivity (Wildman–Crippen MR) is 93.7 cm³/mol. The van der Waals surface area contributed by atoms with Crippen LogP contribution in [0.1, 0.15) is 37.1 Å². The van der Waals surface area contributed by atoms with Crippen molar-refractivity contribution in [2.24, 2.45) is 5.92 Å². The van der Waals surface area contributed by atoms with Gasteiger partial charge in [0.2, 0.25) is 0 Å². The molecule has 0 aliphatic heterocycles. The molecule has 0 saturated heterocycles. The van der Waals surface area contributed by atoms with Crippen LogP contribution in [0.2, 0.25) is 0 Å². The number of hydrogen-bond acceptors (Lipinski definition) is 2. The van der Waals surface area contributed by atoms with Gasteiger partial charge in [0.1, 0.15) is 0 Å². The van der Waals surface area contributed by atoms with E-state index < -0.39 is 0 Å². The van der Waals surface area contributed by atoms with Crippen molar-refractivity contribution in [3.05, 3.63) is 65.7 Å². The second-order valence-corrected chi connectivity index (χ2v) is 7.25. The molecule has 0 aliphatic carbocycles. The van der Waals surface area contributed by atoms with Crippen LogP contribution in [-0.4, -0.2) is 6.54 Å². The van der Waals surface area contributed by atoms with Crippen LogP contribution in [0.15, 0.2) is 59.5 Å². The molecule has 2 aromatic rings. The highest BCUT2D eigenvalue weighted by Crippen LogP contribution is 2.34. The lowest BCUT2D eigenvalue weighted by atomic mass is 10.2. The summed E-state index contributed by atoms with van der Waals surface area (Å²) in [7, 11) is 0. The molecule has 21 heavy (non-hydrogen) atoms. The average Bonchev–Trinajstić information content (AvgIpc) is 2.49. The van der Waals surface area contributed by atoms with Gasteiger partial charge in [-0.3, -0.25) is 0 Å². The molecule has 0 fully saturated rings. The molecule has 0 radical (unpaired) electrons. The van der Waals surface area contributed by atoms with Gasteiger partial charge >= 0.3 is 0 Å². The minimum atomic E-state index is 0.483. The lowest BCUT2D eigenvalue weighted by molar-refractivity contribution is 0.552. The van der Waals surface area contributed by atoms with Gasteiger partial charge in [-0.2, -0.15) is 0 Å². The molecule has 0 spiro atoms. The van der Waals surface area contributed by atoms with Crippen LogP contribution in [0.3, 0.4) is 0 Å². The van der Waals surface area contributed by atoms with Crippen molar-refractivity contribution < 1.29 is 0 Å². The highest BCUT2D eigenvalue weighted by atomic mass is 32.2. The third kappa shape index (κ3) is 5.56. The molecule has 1 N–H and O–H groups in total. The third-order valence-electron chi connectivity index (χ3n) is 3.39. The van der Waals surface area contributed by atoms with E-state index in [2.05, 4.69) is 80.7 Å². The zero-order valence-electron chi connectivity index (χ0n) is 13.2. The van der Waals surface area contributed by atoms with Crippen LogP contribution in [-0.2, 0) is 6.54 Å². The first-order valence-electron chi connectivity index (χ1n) is 7.66. The fraction of sp³-hybridized carbons (Fsp3) is 0.368. The number of thioether (sulfide) groups is 1. The normalized spacial score (nSPS) is 12.6. The Hall–Kier alpha value is -1.25. The second-order valence-electron chi connectivity index (χ2n) is 5.84. The van der Waals surface area contributed by atoms with Crippen molar-refractivity contribution in [1.29, 1.82) is 0 Å². The van der Waals surface area contributed by atoms with Crippen molar-refractivity contribution in [3.8, 4) is 0 Å². The second kappa shape index (κ2) is 8.26. The van der Waals surface area contributed by atoms with E-state index in [9.17, 15) is 0 Å². The molecule has 2 heteroatoms. The summed E-state index contributed by atoms with van der Waals surface area (Å²) in [5.74, 6) is 0.701. The molecule has 1 unspecified atom stereocenters. The molecule has 1 atom stereocenters. The number of nitrogens with one attached hydrogen (secondary N) is 1. The van der Waals surface area contributed by atoms with Crippen molar-refractivity contribution >= 4 is 11.8 Å². The maximum absolute atomic E-state index is 3.48. The number of hydrogen-bond donors (Lipinski definition) is 1. The van der Waals surface area contributed by atoms with Crippen LogP contribution in [0, 0.1) is 5.92 Å². The molecule has 0 saturated carbocycles. The topological polar surface area (TPSA) is 12.0 Å². The van der Waals surface area contributed by atoms with Crippen LogP contribution >= 0.6 is 11.8 Å². The van der Waals surface area contributed by atoms with Gasteiger partial charge in [0, 0.05) is 16.7 Å². The van der Waals surface area contributed by atoms with Gasteiger partial charge in [-0.1, -0.05) is 56.3 Å². The highest BCUT2D eigenvalue weighted by Gasteiger charge is 2.06. The van der Waals surface area contributed by atoms with E-state index in [-0.39, 0.29) is 0 Å². The zero-order chi connectivity index (χ0) is 15.1. The van der Waals surface area contributed by atoms with Crippen LogP contribution < -0.4 is 5.32 Å². The Bertz CT molecular complexity index is 519. The minimum absolute atomic E-state index is 0.483. The third-order valence-corrected chi connectivity index (χ3v) is 4.56. The molecule has 0 amide bonds. The quantitative estimate of drug-likeness (QED) is 0.698. The van der Waals surface area contributed by atoms with Crippen molar-refractivity contribution in [1.82, 2.24) is 5.32 Å². The Labute approximate surface area is 133 Å².